The van der Waals surface area contributed by atoms with Crippen molar-refractivity contribution in [3.8, 4) is 0 Å². The fourth-order valence-corrected chi connectivity index (χ4v) is 9.41. The third-order valence-corrected chi connectivity index (χ3v) is 11.5. The van der Waals surface area contributed by atoms with Gasteiger partial charge in [0.2, 0.25) is 0 Å². The number of non-ortho nitro benzene ring substituents is 1. The van der Waals surface area contributed by atoms with Crippen LogP contribution in [0.25, 0.3) is 5.76 Å². The Balaban J connectivity index is 2.04. The Hall–Kier alpha value is -4.74. The molecule has 1 aliphatic heterocycles. The topological polar surface area (TPSA) is 95.7 Å². The molecule has 0 unspecified atom stereocenters. The minimum Gasteiger partial charge on any atom is -0.465 e. The smallest absolute Gasteiger partial charge is 0.345 e. The number of nitrogens with zero attached hydrogens (tertiary/aromatic N) is 1. The van der Waals surface area contributed by atoms with Crippen molar-refractivity contribution in [2.45, 2.75) is 20.8 Å². The van der Waals surface area contributed by atoms with E-state index < -0.39 is 23.7 Å². The lowest BCUT2D eigenvalue weighted by atomic mass is 10.1. The second kappa shape index (κ2) is 11.0. The van der Waals surface area contributed by atoms with Gasteiger partial charge in [-0.1, -0.05) is 102 Å². The third kappa shape index (κ3) is 4.90. The summed E-state index contributed by atoms with van der Waals surface area (Å²) < 4.78 is 11.1. The molecule has 0 saturated carbocycles. The van der Waals surface area contributed by atoms with E-state index >= 15 is 0 Å². The van der Waals surface area contributed by atoms with Crippen LogP contribution in [0.2, 0.25) is 0 Å². The van der Waals surface area contributed by atoms with Crippen LogP contribution in [0.1, 0.15) is 22.3 Å². The molecule has 0 fully saturated rings. The lowest BCUT2D eigenvalue weighted by molar-refractivity contribution is -0.384. The van der Waals surface area contributed by atoms with Gasteiger partial charge in [0.15, 0.2) is 5.76 Å². The lowest BCUT2D eigenvalue weighted by Gasteiger charge is -2.31. The van der Waals surface area contributed by atoms with Crippen molar-refractivity contribution < 1.29 is 24.0 Å². The third-order valence-electron chi connectivity index (χ3n) is 7.16. The highest BCUT2D eigenvalue weighted by molar-refractivity contribution is 7.97. The van der Waals surface area contributed by atoms with Crippen molar-refractivity contribution in [1.82, 2.24) is 0 Å². The maximum Gasteiger partial charge on any atom is 0.345 e. The molecule has 8 heteroatoms. The summed E-state index contributed by atoms with van der Waals surface area (Å²) in [5.74, 6) is -1.51. The second-order valence-electron chi connectivity index (χ2n) is 9.92. The zero-order valence-corrected chi connectivity index (χ0v) is 24.0. The molecule has 0 bridgehead atoms. The SMILES string of the molecule is COC(=O)C1=C(c2cccc([N+](=O)[O-])c2)OC(=O)C1=P(c1ccc(C)cc1)(c1ccc(C)cc1)c1ccc(C)cc1. The Morgan fingerprint density at radius 2 is 1.24 bits per heavy atom. The Labute approximate surface area is 238 Å². The Morgan fingerprint density at radius 1 is 0.780 bits per heavy atom. The van der Waals surface area contributed by atoms with Gasteiger partial charge in [0.05, 0.1) is 17.3 Å². The number of hydrogen-bond acceptors (Lipinski definition) is 6. The molecular weight excluding hydrogens is 537 g/mol. The largest absolute Gasteiger partial charge is 0.465 e. The number of cyclic esters (lactones) is 1. The monoisotopic (exact) mass is 565 g/mol. The van der Waals surface area contributed by atoms with Crippen molar-refractivity contribution >= 4 is 51.5 Å². The zero-order chi connectivity index (χ0) is 29.3. The van der Waals surface area contributed by atoms with Gasteiger partial charge in [-0.15, -0.1) is 0 Å². The van der Waals surface area contributed by atoms with Crippen LogP contribution in [-0.2, 0) is 19.1 Å². The summed E-state index contributed by atoms with van der Waals surface area (Å²) in [5.41, 5.74) is 3.13. The molecule has 4 aromatic carbocycles. The molecule has 0 saturated heterocycles. The predicted molar refractivity (Wildman–Crippen MR) is 162 cm³/mol. The van der Waals surface area contributed by atoms with Gasteiger partial charge in [0.25, 0.3) is 5.69 Å². The molecule has 5 rings (SSSR count). The van der Waals surface area contributed by atoms with Crippen LogP contribution in [0.5, 0.6) is 0 Å². The minimum absolute atomic E-state index is 0.0342. The first-order valence-electron chi connectivity index (χ1n) is 12.9. The van der Waals surface area contributed by atoms with Crippen LogP contribution in [-0.4, -0.2) is 29.3 Å². The standard InChI is InChI=1S/C33H28NO6P/c1-21-8-14-26(15-9-21)41(27-16-10-22(2)11-17-27,28-18-12-23(3)13-19-28)31-29(32(35)39-4)30(40-33(31)36)24-6-5-7-25(20-24)34(37)38/h5-20H,1-4H3. The number of methoxy groups -OCH3 is 1. The summed E-state index contributed by atoms with van der Waals surface area (Å²) in [4.78, 5) is 38.8. The maximum absolute atomic E-state index is 14.2. The minimum atomic E-state index is -3.08. The molecule has 0 spiro atoms. The van der Waals surface area contributed by atoms with Gasteiger partial charge in [-0.3, -0.25) is 10.1 Å². The summed E-state index contributed by atoms with van der Waals surface area (Å²) in [6.45, 7) is 2.88. The summed E-state index contributed by atoms with van der Waals surface area (Å²) in [6.07, 6.45) is 0. The van der Waals surface area contributed by atoms with Gasteiger partial charge >= 0.3 is 11.9 Å². The number of nitro benzene ring substituents is 1. The Kier molecular flexibility index (Phi) is 7.48. The number of hydrogen-bond donors (Lipinski definition) is 0. The average Bonchev–Trinajstić information content (AvgIpc) is 3.33. The van der Waals surface area contributed by atoms with Crippen LogP contribution < -0.4 is 15.9 Å². The van der Waals surface area contributed by atoms with Gasteiger partial charge < -0.3 is 9.47 Å². The van der Waals surface area contributed by atoms with Crippen molar-refractivity contribution in [2.75, 3.05) is 7.11 Å². The average molecular weight is 566 g/mol. The predicted octanol–water partition coefficient (Wildman–Crippen LogP) is 5.13. The molecule has 0 radical (unpaired) electrons. The highest BCUT2D eigenvalue weighted by atomic mass is 31.2. The molecule has 1 aliphatic rings. The normalized spacial score (nSPS) is 13.3. The van der Waals surface area contributed by atoms with Gasteiger partial charge in [-0.05, 0) is 43.6 Å². The van der Waals surface area contributed by atoms with E-state index in [-0.39, 0.29) is 27.9 Å². The first-order chi connectivity index (χ1) is 19.7. The molecule has 0 aliphatic carbocycles. The van der Waals surface area contributed by atoms with Crippen molar-refractivity contribution in [1.29, 1.82) is 0 Å². The number of aryl methyl sites for hydroxylation is 3. The van der Waals surface area contributed by atoms with Crippen molar-refractivity contribution in [2.24, 2.45) is 0 Å². The summed E-state index contributed by atoms with van der Waals surface area (Å²) >= 11 is 0. The summed E-state index contributed by atoms with van der Waals surface area (Å²) in [7, 11) is 1.24. The highest BCUT2D eigenvalue weighted by Crippen LogP contribution is 2.51. The van der Waals surface area contributed by atoms with Crippen molar-refractivity contribution in [3.05, 3.63) is 135 Å². The maximum atomic E-state index is 14.2. The summed E-state index contributed by atoms with van der Waals surface area (Å²) in [5, 5.41) is 14.3. The van der Waals surface area contributed by atoms with E-state index in [0.717, 1.165) is 32.6 Å². The molecule has 7 nitrogen and oxygen atoms in total. The number of ether oxygens (including phenoxy) is 2. The fourth-order valence-electron chi connectivity index (χ4n) is 5.10. The van der Waals surface area contributed by atoms with E-state index in [1.54, 1.807) is 6.07 Å². The molecule has 0 N–H and O–H groups in total. The molecular formula is C33H28NO6P. The second-order valence-corrected chi connectivity index (χ2v) is 13.3. The molecule has 0 aromatic heterocycles. The molecule has 4 aromatic rings. The van der Waals surface area contributed by atoms with E-state index in [2.05, 4.69) is 0 Å². The zero-order valence-electron chi connectivity index (χ0n) is 23.1. The van der Waals surface area contributed by atoms with E-state index in [4.69, 9.17) is 9.47 Å². The first kappa shape index (κ1) is 27.8. The molecule has 1 heterocycles. The number of carbonyl (C=O) groups is 2. The number of nitro groups is 1. The van der Waals surface area contributed by atoms with Gasteiger partial charge in [0, 0.05) is 17.7 Å². The Morgan fingerprint density at radius 3 is 1.66 bits per heavy atom. The van der Waals surface area contributed by atoms with E-state index in [1.807, 2.05) is 93.6 Å². The van der Waals surface area contributed by atoms with E-state index in [1.165, 1.54) is 25.3 Å². The molecule has 41 heavy (non-hydrogen) atoms. The van der Waals surface area contributed by atoms with Crippen LogP contribution in [0.4, 0.5) is 5.69 Å². The Bertz CT molecular complexity index is 1650. The molecule has 0 amide bonds. The van der Waals surface area contributed by atoms with E-state index in [9.17, 15) is 19.7 Å². The quantitative estimate of drug-likeness (QED) is 0.139. The molecule has 0 atom stereocenters. The lowest BCUT2D eigenvalue weighted by Crippen LogP contribution is -2.34. The number of carbonyl (C=O) groups excluding carboxylic acids is 2. The van der Waals surface area contributed by atoms with E-state index in [0.29, 0.717) is 0 Å². The van der Waals surface area contributed by atoms with Crippen LogP contribution in [0.3, 0.4) is 0 Å². The van der Waals surface area contributed by atoms with Gasteiger partial charge in [-0.2, -0.15) is 0 Å². The highest BCUT2D eigenvalue weighted by Gasteiger charge is 2.45. The van der Waals surface area contributed by atoms with Gasteiger partial charge in [-0.25, -0.2) is 9.59 Å². The van der Waals surface area contributed by atoms with Crippen LogP contribution in [0, 0.1) is 30.9 Å². The van der Waals surface area contributed by atoms with Crippen molar-refractivity contribution in [3.63, 3.8) is 0 Å². The molecule has 206 valence electrons. The summed E-state index contributed by atoms with van der Waals surface area (Å²) in [6, 6.07) is 29.5. The van der Waals surface area contributed by atoms with Crippen LogP contribution in [0.15, 0.2) is 103 Å². The van der Waals surface area contributed by atoms with Crippen LogP contribution >= 0.6 is 6.89 Å². The fraction of sp³-hybridized carbons (Fsp3) is 0.121. The number of esters is 2. The number of rotatable bonds is 6. The number of benzene rings is 4. The first-order valence-corrected chi connectivity index (χ1v) is 14.7. The van der Waals surface area contributed by atoms with Gasteiger partial charge in [0.1, 0.15) is 5.57 Å².